The molecule has 0 bridgehead atoms. The number of carbonyl (C=O) groups excluding carboxylic acids is 1. The minimum Gasteiger partial charge on any atom is -0.439 e. The lowest BCUT2D eigenvalue weighted by molar-refractivity contribution is -0.123. The summed E-state index contributed by atoms with van der Waals surface area (Å²) in [7, 11) is 0. The SMILES string of the molecule is O=C(COc1nnc(-c2ccccc2)o1)NCCc1ccc(Cl)cc1. The second-order valence-electron chi connectivity index (χ2n) is 5.25. The smallest absolute Gasteiger partial charge is 0.415 e. The Morgan fingerprint density at radius 2 is 1.84 bits per heavy atom. The maximum Gasteiger partial charge on any atom is 0.415 e. The summed E-state index contributed by atoms with van der Waals surface area (Å²) in [6.45, 7) is 0.319. The molecule has 25 heavy (non-hydrogen) atoms. The molecular formula is C18H16ClN3O3. The number of rotatable bonds is 7. The first-order valence-electron chi connectivity index (χ1n) is 7.73. The summed E-state index contributed by atoms with van der Waals surface area (Å²) in [5.74, 6) is 0.0900. The number of aromatic nitrogens is 2. The molecule has 1 aromatic heterocycles. The number of ether oxygens (including phenoxy) is 1. The normalized spacial score (nSPS) is 10.4. The first-order valence-corrected chi connectivity index (χ1v) is 8.11. The van der Waals surface area contributed by atoms with Crippen molar-refractivity contribution in [3.8, 4) is 17.5 Å². The highest BCUT2D eigenvalue weighted by atomic mass is 35.5. The Morgan fingerprint density at radius 3 is 2.60 bits per heavy atom. The monoisotopic (exact) mass is 357 g/mol. The molecule has 0 spiro atoms. The van der Waals surface area contributed by atoms with Crippen LogP contribution in [0.3, 0.4) is 0 Å². The number of hydrogen-bond acceptors (Lipinski definition) is 5. The number of nitrogens with one attached hydrogen (secondary N) is 1. The lowest BCUT2D eigenvalue weighted by Gasteiger charge is -2.05. The fourth-order valence-corrected chi connectivity index (χ4v) is 2.27. The average Bonchev–Trinajstić information content (AvgIpc) is 3.11. The Bertz CT molecular complexity index is 819. The summed E-state index contributed by atoms with van der Waals surface area (Å²) >= 11 is 5.83. The number of hydrogen-bond donors (Lipinski definition) is 1. The molecule has 0 aliphatic heterocycles. The average molecular weight is 358 g/mol. The van der Waals surface area contributed by atoms with Crippen molar-refractivity contribution < 1.29 is 13.9 Å². The molecule has 3 rings (SSSR count). The van der Waals surface area contributed by atoms with Crippen molar-refractivity contribution in [2.24, 2.45) is 0 Å². The highest BCUT2D eigenvalue weighted by Crippen LogP contribution is 2.20. The Kier molecular flexibility index (Phi) is 5.64. The van der Waals surface area contributed by atoms with E-state index in [0.717, 1.165) is 11.1 Å². The number of carbonyl (C=O) groups is 1. The second-order valence-corrected chi connectivity index (χ2v) is 5.69. The standard InChI is InChI=1S/C18H16ClN3O3/c19-15-8-6-13(7-9-15)10-11-20-16(23)12-24-18-22-21-17(25-18)14-4-2-1-3-5-14/h1-9H,10-12H2,(H,20,23). The van der Waals surface area contributed by atoms with Crippen molar-refractivity contribution in [1.29, 1.82) is 0 Å². The van der Waals surface area contributed by atoms with Gasteiger partial charge in [0.1, 0.15) is 0 Å². The molecule has 6 nitrogen and oxygen atoms in total. The van der Waals surface area contributed by atoms with Crippen LogP contribution in [-0.4, -0.2) is 29.3 Å². The quantitative estimate of drug-likeness (QED) is 0.703. The van der Waals surface area contributed by atoms with Crippen LogP contribution in [0.15, 0.2) is 59.0 Å². The number of halogens is 1. The molecule has 128 valence electrons. The van der Waals surface area contributed by atoms with Crippen molar-refractivity contribution in [2.75, 3.05) is 13.2 Å². The third-order valence-corrected chi connectivity index (χ3v) is 3.66. The number of nitrogens with zero attached hydrogens (tertiary/aromatic N) is 2. The molecule has 3 aromatic rings. The maximum absolute atomic E-state index is 11.8. The van der Waals surface area contributed by atoms with Crippen LogP contribution in [0.25, 0.3) is 11.5 Å². The van der Waals surface area contributed by atoms with Crippen LogP contribution < -0.4 is 10.1 Å². The molecule has 1 N–H and O–H groups in total. The van der Waals surface area contributed by atoms with Gasteiger partial charge in [-0.25, -0.2) is 0 Å². The van der Waals surface area contributed by atoms with E-state index in [4.69, 9.17) is 20.8 Å². The van der Waals surface area contributed by atoms with Gasteiger partial charge in [-0.2, -0.15) is 0 Å². The van der Waals surface area contributed by atoms with Crippen molar-refractivity contribution >= 4 is 17.5 Å². The van der Waals surface area contributed by atoms with Crippen molar-refractivity contribution in [3.63, 3.8) is 0 Å². The summed E-state index contributed by atoms with van der Waals surface area (Å²) in [4.78, 5) is 11.8. The summed E-state index contributed by atoms with van der Waals surface area (Å²) in [6.07, 6.45) is 0.674. The van der Waals surface area contributed by atoms with E-state index in [2.05, 4.69) is 15.5 Å². The summed E-state index contributed by atoms with van der Waals surface area (Å²) in [6, 6.07) is 16.8. The van der Waals surface area contributed by atoms with E-state index < -0.39 is 0 Å². The summed E-state index contributed by atoms with van der Waals surface area (Å²) < 4.78 is 10.6. The molecule has 0 saturated heterocycles. The minimum absolute atomic E-state index is 0.0355. The van der Waals surface area contributed by atoms with E-state index in [0.29, 0.717) is 23.9 Å². The number of benzene rings is 2. The predicted molar refractivity (Wildman–Crippen MR) is 93.4 cm³/mol. The summed E-state index contributed by atoms with van der Waals surface area (Å²) in [5.41, 5.74) is 1.88. The van der Waals surface area contributed by atoms with Gasteiger partial charge in [0.15, 0.2) is 6.61 Å². The van der Waals surface area contributed by atoms with E-state index >= 15 is 0 Å². The van der Waals surface area contributed by atoms with Crippen molar-refractivity contribution in [1.82, 2.24) is 15.5 Å². The van der Waals surface area contributed by atoms with Gasteiger partial charge in [0.05, 0.1) is 0 Å². The largest absolute Gasteiger partial charge is 0.439 e. The second kappa shape index (κ2) is 8.30. The van der Waals surface area contributed by atoms with Gasteiger partial charge in [0.25, 0.3) is 11.8 Å². The molecule has 0 atom stereocenters. The van der Waals surface area contributed by atoms with E-state index in [1.807, 2.05) is 54.6 Å². The molecule has 0 aliphatic carbocycles. The van der Waals surface area contributed by atoms with Crippen molar-refractivity contribution in [2.45, 2.75) is 6.42 Å². The van der Waals surface area contributed by atoms with E-state index in [1.165, 1.54) is 0 Å². The van der Waals surface area contributed by atoms with Crippen LogP contribution >= 0.6 is 11.6 Å². The first kappa shape index (κ1) is 17.0. The zero-order chi connectivity index (χ0) is 17.5. The lowest BCUT2D eigenvalue weighted by atomic mass is 10.1. The lowest BCUT2D eigenvalue weighted by Crippen LogP contribution is -2.30. The molecular weight excluding hydrogens is 342 g/mol. The molecule has 0 fully saturated rings. The first-order chi connectivity index (χ1) is 12.2. The van der Waals surface area contributed by atoms with Crippen LogP contribution in [0.2, 0.25) is 5.02 Å². The Labute approximate surface area is 149 Å². The molecule has 0 aliphatic rings. The Morgan fingerprint density at radius 1 is 1.08 bits per heavy atom. The molecule has 1 heterocycles. The van der Waals surface area contributed by atoms with Crippen LogP contribution in [0.1, 0.15) is 5.56 Å². The van der Waals surface area contributed by atoms with Gasteiger partial charge in [-0.1, -0.05) is 47.0 Å². The van der Waals surface area contributed by atoms with Gasteiger partial charge >= 0.3 is 6.08 Å². The van der Waals surface area contributed by atoms with Gasteiger partial charge < -0.3 is 14.5 Å². The number of amides is 1. The molecule has 7 heteroatoms. The van der Waals surface area contributed by atoms with Crippen LogP contribution in [0, 0.1) is 0 Å². The third kappa shape index (κ3) is 5.06. The van der Waals surface area contributed by atoms with Gasteiger partial charge in [0, 0.05) is 17.1 Å². The highest BCUT2D eigenvalue weighted by molar-refractivity contribution is 6.30. The van der Waals surface area contributed by atoms with E-state index in [9.17, 15) is 4.79 Å². The van der Waals surface area contributed by atoms with Crippen LogP contribution in [0.5, 0.6) is 6.08 Å². The van der Waals surface area contributed by atoms with Gasteiger partial charge in [0.2, 0.25) is 0 Å². The fourth-order valence-electron chi connectivity index (χ4n) is 2.14. The van der Waals surface area contributed by atoms with Gasteiger partial charge in [-0.3, -0.25) is 4.79 Å². The molecule has 0 saturated carbocycles. The molecule has 0 radical (unpaired) electrons. The highest BCUT2D eigenvalue weighted by Gasteiger charge is 2.10. The predicted octanol–water partition coefficient (Wildman–Crippen LogP) is 3.13. The Balaban J connectivity index is 1.42. The zero-order valence-corrected chi connectivity index (χ0v) is 14.1. The van der Waals surface area contributed by atoms with Gasteiger partial charge in [-0.05, 0) is 36.2 Å². The maximum atomic E-state index is 11.8. The van der Waals surface area contributed by atoms with E-state index in [1.54, 1.807) is 0 Å². The summed E-state index contributed by atoms with van der Waals surface area (Å²) in [5, 5.41) is 11.1. The van der Waals surface area contributed by atoms with Gasteiger partial charge in [-0.15, -0.1) is 5.10 Å². The zero-order valence-electron chi connectivity index (χ0n) is 13.3. The van der Waals surface area contributed by atoms with E-state index in [-0.39, 0.29) is 18.6 Å². The molecule has 1 amide bonds. The topological polar surface area (TPSA) is 77.2 Å². The molecule has 2 aromatic carbocycles. The molecule has 0 unspecified atom stereocenters. The van der Waals surface area contributed by atoms with Crippen molar-refractivity contribution in [3.05, 3.63) is 65.2 Å². The third-order valence-electron chi connectivity index (χ3n) is 3.40. The van der Waals surface area contributed by atoms with Crippen LogP contribution in [0.4, 0.5) is 0 Å². The van der Waals surface area contributed by atoms with Crippen LogP contribution in [-0.2, 0) is 11.2 Å². The Hall–Kier alpha value is -2.86. The fraction of sp³-hybridized carbons (Fsp3) is 0.167. The minimum atomic E-state index is -0.256.